The second-order valence-electron chi connectivity index (χ2n) is 5.45. The molecule has 8 heteroatoms. The lowest BCUT2D eigenvalue weighted by Crippen LogP contribution is -2.33. The number of para-hydroxylation sites is 1. The third-order valence-corrected chi connectivity index (χ3v) is 3.42. The Morgan fingerprint density at radius 2 is 2.08 bits per heavy atom. The summed E-state index contributed by atoms with van der Waals surface area (Å²) in [5, 5.41) is 5.49. The fourth-order valence-corrected chi connectivity index (χ4v) is 2.25. The second kappa shape index (κ2) is 7.96. The van der Waals surface area contributed by atoms with E-state index in [0.29, 0.717) is 13.1 Å². The van der Waals surface area contributed by atoms with Gasteiger partial charge in [-0.25, -0.2) is 4.98 Å². The van der Waals surface area contributed by atoms with Gasteiger partial charge in [-0.15, -0.1) is 0 Å². The van der Waals surface area contributed by atoms with Crippen molar-refractivity contribution in [1.29, 1.82) is 0 Å². The maximum Gasteiger partial charge on any atom is 0.418 e. The third-order valence-electron chi connectivity index (χ3n) is 3.42. The average Bonchev–Trinajstić information content (AvgIpc) is 2.99. The van der Waals surface area contributed by atoms with Crippen LogP contribution in [0.15, 0.2) is 43.0 Å². The molecule has 0 aliphatic carbocycles. The van der Waals surface area contributed by atoms with E-state index in [0.717, 1.165) is 6.07 Å². The molecular formula is C16H19F3N4O. The van der Waals surface area contributed by atoms with Crippen LogP contribution in [0.3, 0.4) is 0 Å². The van der Waals surface area contributed by atoms with Crippen LogP contribution >= 0.6 is 0 Å². The Labute approximate surface area is 137 Å². The van der Waals surface area contributed by atoms with Crippen LogP contribution in [0.4, 0.5) is 18.9 Å². The molecule has 1 atom stereocenters. The standard InChI is InChI=1S/C16H19F3N4O/c1-12(21-7-9-23-8-6-20-11-23)10-15(24)22-14-5-3-2-4-13(14)16(17,18)19/h2-6,8,11-12,21H,7,9-10H2,1H3,(H,22,24). The van der Waals surface area contributed by atoms with Crippen molar-refractivity contribution in [3.63, 3.8) is 0 Å². The molecule has 1 heterocycles. The molecule has 1 unspecified atom stereocenters. The quantitative estimate of drug-likeness (QED) is 0.815. The fraction of sp³-hybridized carbons (Fsp3) is 0.375. The molecule has 0 spiro atoms. The molecule has 2 N–H and O–H groups in total. The van der Waals surface area contributed by atoms with Crippen LogP contribution in [0.2, 0.25) is 0 Å². The Morgan fingerprint density at radius 3 is 2.75 bits per heavy atom. The van der Waals surface area contributed by atoms with Crippen LogP contribution in [0.25, 0.3) is 0 Å². The van der Waals surface area contributed by atoms with E-state index in [4.69, 9.17) is 0 Å². The lowest BCUT2D eigenvalue weighted by atomic mass is 10.1. The molecule has 1 aromatic carbocycles. The number of carbonyl (C=O) groups excluding carboxylic acids is 1. The van der Waals surface area contributed by atoms with E-state index in [1.54, 1.807) is 12.5 Å². The highest BCUT2D eigenvalue weighted by atomic mass is 19.4. The van der Waals surface area contributed by atoms with Crippen molar-refractivity contribution in [2.45, 2.75) is 32.1 Å². The van der Waals surface area contributed by atoms with Crippen molar-refractivity contribution >= 4 is 11.6 Å². The van der Waals surface area contributed by atoms with Gasteiger partial charge in [0.15, 0.2) is 0 Å². The van der Waals surface area contributed by atoms with Crippen LogP contribution in [-0.4, -0.2) is 28.0 Å². The predicted molar refractivity (Wildman–Crippen MR) is 84.4 cm³/mol. The third kappa shape index (κ3) is 5.38. The molecule has 0 bridgehead atoms. The largest absolute Gasteiger partial charge is 0.418 e. The number of benzene rings is 1. The summed E-state index contributed by atoms with van der Waals surface area (Å²) in [6.45, 7) is 3.13. The van der Waals surface area contributed by atoms with Crippen LogP contribution in [0, 0.1) is 0 Å². The number of halogens is 3. The molecule has 1 aromatic heterocycles. The monoisotopic (exact) mass is 340 g/mol. The zero-order valence-corrected chi connectivity index (χ0v) is 13.2. The topological polar surface area (TPSA) is 59.0 Å². The number of alkyl halides is 3. The van der Waals surface area contributed by atoms with Gasteiger partial charge in [0.05, 0.1) is 17.6 Å². The summed E-state index contributed by atoms with van der Waals surface area (Å²) in [7, 11) is 0. The molecule has 1 amide bonds. The highest BCUT2D eigenvalue weighted by Gasteiger charge is 2.33. The van der Waals surface area contributed by atoms with Crippen LogP contribution < -0.4 is 10.6 Å². The van der Waals surface area contributed by atoms with Crippen molar-refractivity contribution in [2.75, 3.05) is 11.9 Å². The molecule has 24 heavy (non-hydrogen) atoms. The minimum atomic E-state index is -4.50. The molecule has 0 saturated heterocycles. The maximum atomic E-state index is 12.9. The Balaban J connectivity index is 1.82. The summed E-state index contributed by atoms with van der Waals surface area (Å²) in [5.41, 5.74) is -1.07. The predicted octanol–water partition coefficient (Wildman–Crippen LogP) is 2.91. The van der Waals surface area contributed by atoms with Crippen molar-refractivity contribution < 1.29 is 18.0 Å². The van der Waals surface area contributed by atoms with Gasteiger partial charge in [-0.3, -0.25) is 4.79 Å². The minimum absolute atomic E-state index is 0.0795. The Bertz CT molecular complexity index is 656. The molecule has 5 nitrogen and oxygen atoms in total. The summed E-state index contributed by atoms with van der Waals surface area (Å²) in [5.74, 6) is -0.464. The van der Waals surface area contributed by atoms with Crippen molar-refractivity contribution in [3.8, 4) is 0 Å². The number of aromatic nitrogens is 2. The van der Waals surface area contributed by atoms with E-state index in [1.165, 1.54) is 18.2 Å². The second-order valence-corrected chi connectivity index (χ2v) is 5.45. The van der Waals surface area contributed by atoms with E-state index < -0.39 is 17.6 Å². The molecule has 0 aliphatic rings. The first-order chi connectivity index (χ1) is 11.4. The summed E-state index contributed by atoms with van der Waals surface area (Å²) >= 11 is 0. The van der Waals surface area contributed by atoms with E-state index in [-0.39, 0.29) is 18.2 Å². The molecule has 0 radical (unpaired) electrons. The molecule has 2 aromatic rings. The number of hydrogen-bond donors (Lipinski definition) is 2. The molecule has 0 aliphatic heterocycles. The molecular weight excluding hydrogens is 321 g/mol. The fourth-order valence-electron chi connectivity index (χ4n) is 2.25. The maximum absolute atomic E-state index is 12.9. The lowest BCUT2D eigenvalue weighted by molar-refractivity contribution is -0.137. The normalized spacial score (nSPS) is 12.8. The summed E-state index contributed by atoms with van der Waals surface area (Å²) in [4.78, 5) is 15.9. The number of hydrogen-bond acceptors (Lipinski definition) is 3. The highest BCUT2D eigenvalue weighted by Crippen LogP contribution is 2.34. The van der Waals surface area contributed by atoms with Crippen LogP contribution in [0.5, 0.6) is 0 Å². The van der Waals surface area contributed by atoms with Crippen LogP contribution in [0.1, 0.15) is 18.9 Å². The first-order valence-corrected chi connectivity index (χ1v) is 7.51. The Morgan fingerprint density at radius 1 is 1.33 bits per heavy atom. The van der Waals surface area contributed by atoms with Crippen LogP contribution in [-0.2, 0) is 17.5 Å². The minimum Gasteiger partial charge on any atom is -0.336 e. The van der Waals surface area contributed by atoms with E-state index in [9.17, 15) is 18.0 Å². The number of nitrogens with zero attached hydrogens (tertiary/aromatic N) is 2. The molecule has 0 saturated carbocycles. The van der Waals surface area contributed by atoms with Crippen molar-refractivity contribution in [1.82, 2.24) is 14.9 Å². The van der Waals surface area contributed by atoms with Crippen molar-refractivity contribution in [2.24, 2.45) is 0 Å². The van der Waals surface area contributed by atoms with Crippen molar-refractivity contribution in [3.05, 3.63) is 48.5 Å². The number of carbonyl (C=O) groups is 1. The molecule has 130 valence electrons. The number of amides is 1. The summed E-state index contributed by atoms with van der Waals surface area (Å²) < 4.78 is 40.6. The van der Waals surface area contributed by atoms with E-state index in [2.05, 4.69) is 15.6 Å². The zero-order valence-electron chi connectivity index (χ0n) is 13.2. The number of imidazole rings is 1. The van der Waals surface area contributed by atoms with E-state index >= 15 is 0 Å². The summed E-state index contributed by atoms with van der Waals surface area (Å²) in [6.07, 6.45) is 0.768. The van der Waals surface area contributed by atoms with Gasteiger partial charge in [-0.2, -0.15) is 13.2 Å². The first-order valence-electron chi connectivity index (χ1n) is 7.51. The number of anilines is 1. The number of nitrogens with one attached hydrogen (secondary N) is 2. The lowest BCUT2D eigenvalue weighted by Gasteiger charge is -2.16. The Kier molecular flexibility index (Phi) is 5.97. The highest BCUT2D eigenvalue weighted by molar-refractivity contribution is 5.92. The number of rotatable bonds is 7. The van der Waals surface area contributed by atoms with Gasteiger partial charge in [0.2, 0.25) is 5.91 Å². The SMILES string of the molecule is CC(CC(=O)Nc1ccccc1C(F)(F)F)NCCn1ccnc1. The van der Waals surface area contributed by atoms with E-state index in [1.807, 2.05) is 17.7 Å². The average molecular weight is 340 g/mol. The van der Waals surface area contributed by atoms with Gasteiger partial charge < -0.3 is 15.2 Å². The first kappa shape index (κ1) is 18.0. The summed E-state index contributed by atoms with van der Waals surface area (Å²) in [6, 6.07) is 4.78. The van der Waals surface area contributed by atoms with Gasteiger partial charge in [-0.1, -0.05) is 12.1 Å². The van der Waals surface area contributed by atoms with Gasteiger partial charge in [-0.05, 0) is 19.1 Å². The Hall–Kier alpha value is -2.35. The van der Waals surface area contributed by atoms with Gasteiger partial charge in [0.25, 0.3) is 0 Å². The smallest absolute Gasteiger partial charge is 0.336 e. The zero-order chi connectivity index (χ0) is 17.6. The van der Waals surface area contributed by atoms with Gasteiger partial charge in [0, 0.05) is 37.9 Å². The van der Waals surface area contributed by atoms with Gasteiger partial charge >= 0.3 is 6.18 Å². The van der Waals surface area contributed by atoms with Gasteiger partial charge in [0.1, 0.15) is 0 Å². The molecule has 2 rings (SSSR count). The molecule has 0 fully saturated rings.